The van der Waals surface area contributed by atoms with Gasteiger partial charge in [-0.1, -0.05) is 61.9 Å². The number of alkyl halides is 2. The summed E-state index contributed by atoms with van der Waals surface area (Å²) in [6, 6.07) is 14.4. The van der Waals surface area contributed by atoms with Gasteiger partial charge >= 0.3 is 12.1 Å². The summed E-state index contributed by atoms with van der Waals surface area (Å²) in [4.78, 5) is 35.6. The Morgan fingerprint density at radius 3 is 2.21 bits per heavy atom. The number of rotatable bonds is 9. The number of carboxylic acids is 1. The largest absolute Gasteiger partial charge is 0.480 e. The molecule has 2 aliphatic carbocycles. The number of amides is 2. The zero-order valence-corrected chi connectivity index (χ0v) is 18.6. The fourth-order valence-electron chi connectivity index (χ4n) is 4.65. The Morgan fingerprint density at radius 1 is 1.06 bits per heavy atom. The lowest BCUT2D eigenvalue weighted by molar-refractivity contribution is -0.142. The van der Waals surface area contributed by atoms with E-state index in [1.54, 1.807) is 6.92 Å². The molecule has 0 radical (unpaired) electrons. The summed E-state index contributed by atoms with van der Waals surface area (Å²) in [5.41, 5.74) is 4.20. The SMILES string of the molecule is CCC[C@@H](NC(=O)C1C(CNC(=O)OCC2c3ccccc3-c3ccccc32)C1(F)F)C(=O)O. The highest BCUT2D eigenvalue weighted by atomic mass is 19.3. The maximum absolute atomic E-state index is 14.2. The first-order chi connectivity index (χ1) is 16.3. The maximum atomic E-state index is 14.2. The summed E-state index contributed by atoms with van der Waals surface area (Å²) in [6.07, 6.45) is -0.231. The quantitative estimate of drug-likeness (QED) is 0.515. The first-order valence-corrected chi connectivity index (χ1v) is 11.3. The number of carbonyl (C=O) groups is 3. The van der Waals surface area contributed by atoms with Crippen LogP contribution in [0.4, 0.5) is 13.6 Å². The lowest BCUT2D eigenvalue weighted by atomic mass is 9.98. The zero-order chi connectivity index (χ0) is 24.5. The number of alkyl carbamates (subject to hydrolysis) is 1. The van der Waals surface area contributed by atoms with E-state index < -0.39 is 48.3 Å². The van der Waals surface area contributed by atoms with Crippen LogP contribution < -0.4 is 10.6 Å². The van der Waals surface area contributed by atoms with Crippen LogP contribution in [0.5, 0.6) is 0 Å². The van der Waals surface area contributed by atoms with Crippen LogP contribution in [-0.2, 0) is 14.3 Å². The van der Waals surface area contributed by atoms with Crippen molar-refractivity contribution in [2.24, 2.45) is 11.8 Å². The molecule has 2 aromatic carbocycles. The molecule has 2 aromatic rings. The van der Waals surface area contributed by atoms with Crippen LogP contribution in [0.3, 0.4) is 0 Å². The van der Waals surface area contributed by atoms with Crippen LogP contribution in [-0.4, -0.2) is 48.2 Å². The molecule has 3 N–H and O–H groups in total. The van der Waals surface area contributed by atoms with Gasteiger partial charge in [0, 0.05) is 12.5 Å². The Labute approximate surface area is 195 Å². The van der Waals surface area contributed by atoms with E-state index in [9.17, 15) is 23.2 Å². The third-order valence-electron chi connectivity index (χ3n) is 6.49. The molecule has 0 spiro atoms. The standard InChI is InChI=1S/C25H26F2N2O5/c1-2-7-20(23(31)32)29-22(30)21-19(25(21,26)27)12-28-24(33)34-13-18-16-10-5-3-8-14(16)15-9-4-6-11-17(15)18/h3-6,8-11,18-21H,2,7,12-13H2,1H3,(H,28,33)(H,29,30)(H,31,32)/t19?,20-,21?/m1/s1. The lowest BCUT2D eigenvalue weighted by Gasteiger charge is -2.14. The Bertz CT molecular complexity index is 1060. The predicted octanol–water partition coefficient (Wildman–Crippen LogP) is 3.78. The first-order valence-electron chi connectivity index (χ1n) is 11.3. The number of halogens is 2. The molecule has 2 aliphatic rings. The van der Waals surface area contributed by atoms with Crippen LogP contribution in [0.15, 0.2) is 48.5 Å². The van der Waals surface area contributed by atoms with Gasteiger partial charge in [0.2, 0.25) is 5.91 Å². The molecule has 4 rings (SSSR count). The Kier molecular flexibility index (Phi) is 6.54. The molecule has 0 heterocycles. The van der Waals surface area contributed by atoms with Crippen LogP contribution in [0.25, 0.3) is 11.1 Å². The van der Waals surface area contributed by atoms with E-state index in [4.69, 9.17) is 9.84 Å². The second-order valence-electron chi connectivity index (χ2n) is 8.65. The number of carboxylic acid groups (broad SMARTS) is 1. The van der Waals surface area contributed by atoms with E-state index in [0.29, 0.717) is 6.42 Å². The highest BCUT2D eigenvalue weighted by molar-refractivity contribution is 5.88. The normalized spacial score (nSPS) is 20.6. The molecular formula is C25H26F2N2O5. The van der Waals surface area contributed by atoms with Gasteiger partial charge in [0.1, 0.15) is 18.6 Å². The van der Waals surface area contributed by atoms with E-state index in [1.807, 2.05) is 48.5 Å². The van der Waals surface area contributed by atoms with Crippen molar-refractivity contribution in [3.8, 4) is 11.1 Å². The molecule has 9 heteroatoms. The predicted molar refractivity (Wildman–Crippen MR) is 119 cm³/mol. The van der Waals surface area contributed by atoms with Crippen molar-refractivity contribution in [3.63, 3.8) is 0 Å². The smallest absolute Gasteiger partial charge is 0.407 e. The Balaban J connectivity index is 1.31. The third kappa shape index (κ3) is 4.47. The van der Waals surface area contributed by atoms with Crippen molar-refractivity contribution in [1.82, 2.24) is 10.6 Å². The molecule has 0 bridgehead atoms. The highest BCUT2D eigenvalue weighted by Crippen LogP contribution is 2.55. The minimum atomic E-state index is -3.32. The van der Waals surface area contributed by atoms with Gasteiger partial charge < -0.3 is 20.5 Å². The zero-order valence-electron chi connectivity index (χ0n) is 18.6. The molecule has 3 atom stereocenters. The summed E-state index contributed by atoms with van der Waals surface area (Å²) in [5, 5.41) is 13.6. The summed E-state index contributed by atoms with van der Waals surface area (Å²) in [6.45, 7) is 1.32. The summed E-state index contributed by atoms with van der Waals surface area (Å²) in [5.74, 6) is -8.87. The number of nitrogens with one attached hydrogen (secondary N) is 2. The van der Waals surface area contributed by atoms with E-state index >= 15 is 0 Å². The molecular weight excluding hydrogens is 446 g/mol. The molecule has 1 saturated carbocycles. The average Bonchev–Trinajstić information content (AvgIpc) is 3.22. The van der Waals surface area contributed by atoms with Crippen LogP contribution >= 0.6 is 0 Å². The molecule has 180 valence electrons. The third-order valence-corrected chi connectivity index (χ3v) is 6.49. The van der Waals surface area contributed by atoms with Crippen molar-refractivity contribution >= 4 is 18.0 Å². The molecule has 0 saturated heterocycles. The van der Waals surface area contributed by atoms with E-state index in [0.717, 1.165) is 22.3 Å². The number of ether oxygens (including phenoxy) is 1. The van der Waals surface area contributed by atoms with E-state index in [1.165, 1.54) is 0 Å². The Morgan fingerprint density at radius 2 is 1.65 bits per heavy atom. The van der Waals surface area contributed by atoms with Gasteiger partial charge in [-0.05, 0) is 28.7 Å². The number of hydrogen-bond donors (Lipinski definition) is 3. The minimum Gasteiger partial charge on any atom is -0.480 e. The van der Waals surface area contributed by atoms with Gasteiger partial charge in [-0.2, -0.15) is 0 Å². The summed E-state index contributed by atoms with van der Waals surface area (Å²) in [7, 11) is 0. The number of hydrogen-bond acceptors (Lipinski definition) is 4. The molecule has 2 amide bonds. The summed E-state index contributed by atoms with van der Waals surface area (Å²) < 4.78 is 33.7. The second-order valence-corrected chi connectivity index (χ2v) is 8.65. The van der Waals surface area contributed by atoms with Gasteiger partial charge in [0.05, 0.1) is 5.92 Å². The van der Waals surface area contributed by atoms with Gasteiger partial charge in [0.25, 0.3) is 5.92 Å². The number of carbonyl (C=O) groups excluding carboxylic acids is 2. The van der Waals surface area contributed by atoms with E-state index in [-0.39, 0.29) is 18.9 Å². The van der Waals surface area contributed by atoms with Crippen molar-refractivity contribution in [2.45, 2.75) is 37.6 Å². The van der Waals surface area contributed by atoms with Crippen LogP contribution in [0.2, 0.25) is 0 Å². The van der Waals surface area contributed by atoms with Crippen LogP contribution in [0, 0.1) is 11.8 Å². The second kappa shape index (κ2) is 9.40. The average molecular weight is 472 g/mol. The summed E-state index contributed by atoms with van der Waals surface area (Å²) >= 11 is 0. The lowest BCUT2D eigenvalue weighted by Crippen LogP contribution is -2.42. The molecule has 1 fully saturated rings. The number of aliphatic carboxylic acids is 1. The minimum absolute atomic E-state index is 0.0438. The fourth-order valence-corrected chi connectivity index (χ4v) is 4.65. The topological polar surface area (TPSA) is 105 Å². The highest BCUT2D eigenvalue weighted by Gasteiger charge is 2.71. The van der Waals surface area contributed by atoms with Crippen molar-refractivity contribution in [3.05, 3.63) is 59.7 Å². The molecule has 34 heavy (non-hydrogen) atoms. The van der Waals surface area contributed by atoms with Gasteiger partial charge in [0.15, 0.2) is 0 Å². The van der Waals surface area contributed by atoms with Gasteiger partial charge in [-0.15, -0.1) is 0 Å². The molecule has 0 aliphatic heterocycles. The molecule has 2 unspecified atom stereocenters. The Hall–Kier alpha value is -3.49. The van der Waals surface area contributed by atoms with E-state index in [2.05, 4.69) is 10.6 Å². The van der Waals surface area contributed by atoms with Gasteiger partial charge in [-0.3, -0.25) is 4.79 Å². The fraction of sp³-hybridized carbons (Fsp3) is 0.400. The number of benzene rings is 2. The van der Waals surface area contributed by atoms with Crippen molar-refractivity contribution < 1.29 is 33.0 Å². The monoisotopic (exact) mass is 472 g/mol. The molecule has 7 nitrogen and oxygen atoms in total. The van der Waals surface area contributed by atoms with Crippen molar-refractivity contribution in [2.75, 3.05) is 13.2 Å². The van der Waals surface area contributed by atoms with Crippen molar-refractivity contribution in [1.29, 1.82) is 0 Å². The molecule has 0 aromatic heterocycles. The van der Waals surface area contributed by atoms with Crippen LogP contribution in [0.1, 0.15) is 36.8 Å². The number of fused-ring (bicyclic) bond motifs is 3. The first kappa shape index (κ1) is 23.7. The maximum Gasteiger partial charge on any atom is 0.407 e. The van der Waals surface area contributed by atoms with Gasteiger partial charge in [-0.25, -0.2) is 18.4 Å².